The predicted octanol–water partition coefficient (Wildman–Crippen LogP) is 1.41. The van der Waals surface area contributed by atoms with Gasteiger partial charge in [-0.25, -0.2) is 4.79 Å². The van der Waals surface area contributed by atoms with Crippen molar-refractivity contribution >= 4 is 41.2 Å². The monoisotopic (exact) mass is 484 g/mol. The molecule has 184 valence electrons. The molecule has 1 rings (SSSR count). The summed E-state index contributed by atoms with van der Waals surface area (Å²) in [5, 5.41) is 32.1. The first-order valence-corrected chi connectivity index (χ1v) is 11.6. The summed E-state index contributed by atoms with van der Waals surface area (Å²) in [5.41, 5.74) is -0.0859. The maximum atomic E-state index is 12.6. The first-order chi connectivity index (χ1) is 15.4. The SMILES string of the molecule is CC(C)(C)OC(=O)C(CCC(=O)O)NC(=O)c1ccc(NC(=O)CCSCC(O)CO)cc1. The zero-order valence-electron chi connectivity index (χ0n) is 19.0. The summed E-state index contributed by atoms with van der Waals surface area (Å²) >= 11 is 1.35. The summed E-state index contributed by atoms with van der Waals surface area (Å²) in [4.78, 5) is 47.8. The number of nitrogens with one attached hydrogen (secondary N) is 2. The molecule has 5 N–H and O–H groups in total. The van der Waals surface area contributed by atoms with E-state index in [-0.39, 0.29) is 37.3 Å². The number of aliphatic hydroxyl groups is 2. The van der Waals surface area contributed by atoms with Crippen LogP contribution in [0.25, 0.3) is 0 Å². The van der Waals surface area contributed by atoms with Gasteiger partial charge in [0.2, 0.25) is 5.91 Å². The molecule has 0 aliphatic carbocycles. The zero-order valence-corrected chi connectivity index (χ0v) is 19.8. The molecule has 2 atom stereocenters. The van der Waals surface area contributed by atoms with E-state index in [1.807, 2.05) is 0 Å². The molecule has 10 nitrogen and oxygen atoms in total. The highest BCUT2D eigenvalue weighted by Crippen LogP contribution is 2.14. The van der Waals surface area contributed by atoms with E-state index in [1.165, 1.54) is 36.0 Å². The quantitative estimate of drug-likeness (QED) is 0.206. The van der Waals surface area contributed by atoms with Crippen molar-refractivity contribution in [2.45, 2.75) is 57.8 Å². The van der Waals surface area contributed by atoms with Crippen molar-refractivity contribution < 1.29 is 39.2 Å². The van der Waals surface area contributed by atoms with E-state index in [0.29, 0.717) is 17.2 Å². The average Bonchev–Trinajstić information content (AvgIpc) is 2.72. The lowest BCUT2D eigenvalue weighted by Gasteiger charge is -2.24. The number of hydrogen-bond donors (Lipinski definition) is 5. The van der Waals surface area contributed by atoms with Crippen molar-refractivity contribution in [2.75, 3.05) is 23.4 Å². The first-order valence-electron chi connectivity index (χ1n) is 10.4. The van der Waals surface area contributed by atoms with Crippen molar-refractivity contribution in [3.8, 4) is 0 Å². The smallest absolute Gasteiger partial charge is 0.329 e. The fourth-order valence-electron chi connectivity index (χ4n) is 2.50. The standard InChI is InChI=1S/C22H32N2O8S/c1-22(2,3)32-21(31)17(8-9-19(28)29)24-20(30)14-4-6-15(7-5-14)23-18(27)10-11-33-13-16(26)12-25/h4-7,16-17,25-26H,8-13H2,1-3H3,(H,23,27)(H,24,30)(H,28,29). The molecule has 1 aromatic carbocycles. The van der Waals surface area contributed by atoms with Crippen molar-refractivity contribution in [2.24, 2.45) is 0 Å². The Morgan fingerprint density at radius 1 is 1.09 bits per heavy atom. The molecule has 0 fully saturated rings. The molecular weight excluding hydrogens is 452 g/mol. The van der Waals surface area contributed by atoms with Gasteiger partial charge in [0.15, 0.2) is 0 Å². The Morgan fingerprint density at radius 2 is 1.73 bits per heavy atom. The number of benzene rings is 1. The predicted molar refractivity (Wildman–Crippen MR) is 124 cm³/mol. The van der Waals surface area contributed by atoms with Gasteiger partial charge < -0.3 is 30.7 Å². The molecule has 0 bridgehead atoms. The lowest BCUT2D eigenvalue weighted by atomic mass is 10.1. The van der Waals surface area contributed by atoms with Crippen LogP contribution in [0.1, 0.15) is 50.4 Å². The Balaban J connectivity index is 2.65. The number of amides is 2. The number of anilines is 1. The van der Waals surface area contributed by atoms with Crippen LogP contribution < -0.4 is 10.6 Å². The largest absolute Gasteiger partial charge is 0.481 e. The van der Waals surface area contributed by atoms with Crippen LogP contribution in [-0.2, 0) is 19.1 Å². The fourth-order valence-corrected chi connectivity index (χ4v) is 3.37. The highest BCUT2D eigenvalue weighted by molar-refractivity contribution is 7.99. The summed E-state index contributed by atoms with van der Waals surface area (Å²) in [7, 11) is 0. The maximum absolute atomic E-state index is 12.6. The summed E-state index contributed by atoms with van der Waals surface area (Å²) in [6.45, 7) is 4.69. The molecule has 0 spiro atoms. The third-order valence-corrected chi connectivity index (χ3v) is 5.18. The number of carboxylic acid groups (broad SMARTS) is 1. The normalized spacial score (nSPS) is 13.0. The van der Waals surface area contributed by atoms with Crippen LogP contribution in [0.15, 0.2) is 24.3 Å². The molecule has 0 aliphatic rings. The number of esters is 1. The highest BCUT2D eigenvalue weighted by Gasteiger charge is 2.27. The molecular formula is C22H32N2O8S. The minimum Gasteiger partial charge on any atom is -0.481 e. The van der Waals surface area contributed by atoms with Gasteiger partial charge in [0.05, 0.1) is 12.7 Å². The molecule has 0 aliphatic heterocycles. The van der Waals surface area contributed by atoms with Gasteiger partial charge in [-0.1, -0.05) is 0 Å². The van der Waals surface area contributed by atoms with Gasteiger partial charge in [0, 0.05) is 35.6 Å². The molecule has 33 heavy (non-hydrogen) atoms. The van der Waals surface area contributed by atoms with Gasteiger partial charge in [-0.15, -0.1) is 0 Å². The molecule has 11 heteroatoms. The van der Waals surface area contributed by atoms with E-state index in [0.717, 1.165) is 0 Å². The number of rotatable bonds is 13. The highest BCUT2D eigenvalue weighted by atomic mass is 32.2. The van der Waals surface area contributed by atoms with E-state index in [9.17, 15) is 24.3 Å². The zero-order chi connectivity index (χ0) is 25.0. The minimum absolute atomic E-state index is 0.114. The number of aliphatic hydroxyl groups excluding tert-OH is 2. The van der Waals surface area contributed by atoms with E-state index in [1.54, 1.807) is 20.8 Å². The third kappa shape index (κ3) is 12.3. The van der Waals surface area contributed by atoms with Gasteiger partial charge in [0.25, 0.3) is 5.91 Å². The Labute approximate surface area is 197 Å². The molecule has 0 aromatic heterocycles. The van der Waals surface area contributed by atoms with Gasteiger partial charge in [-0.05, 0) is 51.5 Å². The van der Waals surface area contributed by atoms with E-state index >= 15 is 0 Å². The number of carbonyl (C=O) groups excluding carboxylic acids is 3. The lowest BCUT2D eigenvalue weighted by Crippen LogP contribution is -2.44. The Morgan fingerprint density at radius 3 is 2.27 bits per heavy atom. The second-order valence-electron chi connectivity index (χ2n) is 8.28. The molecule has 2 unspecified atom stereocenters. The van der Waals surface area contributed by atoms with Gasteiger partial charge in [0.1, 0.15) is 11.6 Å². The summed E-state index contributed by atoms with van der Waals surface area (Å²) in [5.74, 6) is -1.81. The van der Waals surface area contributed by atoms with Crippen LogP contribution >= 0.6 is 11.8 Å². The topological polar surface area (TPSA) is 162 Å². The van der Waals surface area contributed by atoms with E-state index in [2.05, 4.69) is 10.6 Å². The second-order valence-corrected chi connectivity index (χ2v) is 9.43. The van der Waals surface area contributed by atoms with Gasteiger partial charge in [-0.3, -0.25) is 14.4 Å². The van der Waals surface area contributed by atoms with Crippen molar-refractivity contribution in [1.29, 1.82) is 0 Å². The Kier molecular flexibility index (Phi) is 11.9. The van der Waals surface area contributed by atoms with Crippen LogP contribution in [0.4, 0.5) is 5.69 Å². The molecule has 1 aromatic rings. The number of ether oxygens (including phenoxy) is 1. The fraction of sp³-hybridized carbons (Fsp3) is 0.545. The third-order valence-electron chi connectivity index (χ3n) is 4.07. The van der Waals surface area contributed by atoms with Crippen LogP contribution in [0.5, 0.6) is 0 Å². The van der Waals surface area contributed by atoms with Crippen LogP contribution in [0, 0.1) is 0 Å². The number of carboxylic acids is 1. The number of hydrogen-bond acceptors (Lipinski definition) is 8. The molecule has 0 saturated carbocycles. The molecule has 2 amide bonds. The number of carbonyl (C=O) groups is 4. The van der Waals surface area contributed by atoms with Gasteiger partial charge >= 0.3 is 11.9 Å². The van der Waals surface area contributed by atoms with Crippen molar-refractivity contribution in [1.82, 2.24) is 5.32 Å². The van der Waals surface area contributed by atoms with Crippen molar-refractivity contribution in [3.63, 3.8) is 0 Å². The summed E-state index contributed by atoms with van der Waals surface area (Å²) < 4.78 is 5.27. The molecule has 0 heterocycles. The number of aliphatic carboxylic acids is 1. The first kappa shape index (κ1) is 28.4. The number of thioether (sulfide) groups is 1. The second kappa shape index (κ2) is 13.8. The molecule has 0 saturated heterocycles. The van der Waals surface area contributed by atoms with Crippen LogP contribution in [-0.4, -0.2) is 74.9 Å². The Hall–Kier alpha value is -2.63. The maximum Gasteiger partial charge on any atom is 0.329 e. The molecule has 0 radical (unpaired) electrons. The minimum atomic E-state index is -1.12. The van der Waals surface area contributed by atoms with E-state index in [4.69, 9.17) is 14.9 Å². The van der Waals surface area contributed by atoms with Gasteiger partial charge in [-0.2, -0.15) is 11.8 Å². The summed E-state index contributed by atoms with van der Waals surface area (Å²) in [6, 6.07) is 4.90. The summed E-state index contributed by atoms with van der Waals surface area (Å²) in [6.07, 6.45) is -1.02. The van der Waals surface area contributed by atoms with Crippen molar-refractivity contribution in [3.05, 3.63) is 29.8 Å². The van der Waals surface area contributed by atoms with E-state index < -0.39 is 35.6 Å². The average molecular weight is 485 g/mol. The Bertz CT molecular complexity index is 808. The lowest BCUT2D eigenvalue weighted by molar-refractivity contribution is -0.157. The van der Waals surface area contributed by atoms with Crippen LogP contribution in [0.3, 0.4) is 0 Å². The van der Waals surface area contributed by atoms with Crippen LogP contribution in [0.2, 0.25) is 0 Å².